The van der Waals surface area contributed by atoms with Crippen molar-refractivity contribution in [2.45, 2.75) is 25.3 Å². The molecule has 0 bridgehead atoms. The molecule has 190 valence electrons. The highest BCUT2D eigenvalue weighted by molar-refractivity contribution is 6.00. The standard InChI is InChI=1S/C24H27F3N8O/c25-24(26,27)20-11-21(31-23(30-20)32-9-3-4-10-32)33-12-16-14-34(15-17(16)13-33)22(36)18-5-1-2-6-19(18)35-28-7-8-29-35/h1-2,5-8,11,16-17,23,31H,3-4,9-10,12-15H2. The van der Waals surface area contributed by atoms with Gasteiger partial charge in [0.05, 0.1) is 23.6 Å². The highest BCUT2D eigenvalue weighted by Gasteiger charge is 2.45. The van der Waals surface area contributed by atoms with E-state index in [2.05, 4.69) is 20.5 Å². The number of likely N-dealkylation sites (tertiary alicyclic amines) is 3. The van der Waals surface area contributed by atoms with Crippen molar-refractivity contribution in [1.29, 1.82) is 0 Å². The molecule has 0 radical (unpaired) electrons. The predicted octanol–water partition coefficient (Wildman–Crippen LogP) is 2.10. The summed E-state index contributed by atoms with van der Waals surface area (Å²) in [6.07, 6.45) is 0.984. The molecule has 3 atom stereocenters. The van der Waals surface area contributed by atoms with Crippen molar-refractivity contribution in [3.63, 3.8) is 0 Å². The minimum absolute atomic E-state index is 0.0838. The Morgan fingerprint density at radius 1 is 0.972 bits per heavy atom. The van der Waals surface area contributed by atoms with Crippen LogP contribution in [0.4, 0.5) is 13.2 Å². The molecule has 4 aliphatic rings. The summed E-state index contributed by atoms with van der Waals surface area (Å²) in [5.74, 6) is 0.756. The van der Waals surface area contributed by atoms with E-state index < -0.39 is 18.2 Å². The lowest BCUT2D eigenvalue weighted by Crippen LogP contribution is -2.50. The summed E-state index contributed by atoms with van der Waals surface area (Å²) in [6.45, 7) is 3.77. The molecule has 0 saturated carbocycles. The Kier molecular flexibility index (Phi) is 5.70. The summed E-state index contributed by atoms with van der Waals surface area (Å²) in [5.41, 5.74) is 0.308. The number of aliphatic imine (C=N–C) groups is 1. The molecule has 0 aliphatic carbocycles. The highest BCUT2D eigenvalue weighted by atomic mass is 19.4. The maximum Gasteiger partial charge on any atom is 0.433 e. The predicted molar refractivity (Wildman–Crippen MR) is 125 cm³/mol. The zero-order valence-electron chi connectivity index (χ0n) is 19.6. The molecule has 1 amide bonds. The second-order valence-electron chi connectivity index (χ2n) is 9.77. The Morgan fingerprint density at radius 2 is 1.64 bits per heavy atom. The Morgan fingerprint density at radius 3 is 2.31 bits per heavy atom. The second kappa shape index (κ2) is 8.91. The lowest BCUT2D eigenvalue weighted by molar-refractivity contribution is -0.0591. The minimum atomic E-state index is -4.50. The number of aromatic nitrogens is 3. The zero-order chi connectivity index (χ0) is 24.9. The molecule has 1 N–H and O–H groups in total. The van der Waals surface area contributed by atoms with Crippen molar-refractivity contribution < 1.29 is 18.0 Å². The zero-order valence-corrected chi connectivity index (χ0v) is 19.6. The number of carbonyl (C=O) groups excluding carboxylic acids is 1. The fourth-order valence-corrected chi connectivity index (χ4v) is 5.70. The van der Waals surface area contributed by atoms with E-state index in [9.17, 15) is 18.0 Å². The van der Waals surface area contributed by atoms with Crippen LogP contribution >= 0.6 is 0 Å². The summed E-state index contributed by atoms with van der Waals surface area (Å²) in [6, 6.07) is 7.24. The van der Waals surface area contributed by atoms with Crippen LogP contribution in [-0.4, -0.2) is 93.0 Å². The smallest absolute Gasteiger partial charge is 0.358 e. The van der Waals surface area contributed by atoms with Gasteiger partial charge in [-0.2, -0.15) is 28.2 Å². The average molecular weight is 501 g/mol. The molecule has 0 spiro atoms. The van der Waals surface area contributed by atoms with Gasteiger partial charge < -0.3 is 15.1 Å². The van der Waals surface area contributed by atoms with Gasteiger partial charge in [0.2, 0.25) is 0 Å². The summed E-state index contributed by atoms with van der Waals surface area (Å²) >= 11 is 0. The van der Waals surface area contributed by atoms with E-state index in [1.807, 2.05) is 32.9 Å². The molecule has 3 unspecified atom stereocenters. The van der Waals surface area contributed by atoms with Crippen LogP contribution < -0.4 is 5.32 Å². The van der Waals surface area contributed by atoms with E-state index in [4.69, 9.17) is 0 Å². The lowest BCUT2D eigenvalue weighted by Gasteiger charge is -2.35. The van der Waals surface area contributed by atoms with E-state index in [0.717, 1.165) is 32.0 Å². The number of halogens is 3. The van der Waals surface area contributed by atoms with Crippen LogP contribution in [0, 0.1) is 11.8 Å². The molecule has 6 rings (SSSR count). The monoisotopic (exact) mass is 500 g/mol. The number of nitrogens with one attached hydrogen (secondary N) is 1. The van der Waals surface area contributed by atoms with Gasteiger partial charge in [0.15, 0.2) is 6.29 Å². The van der Waals surface area contributed by atoms with Crippen molar-refractivity contribution in [1.82, 2.24) is 35.0 Å². The van der Waals surface area contributed by atoms with Crippen molar-refractivity contribution >= 4 is 11.6 Å². The molecule has 1 aromatic carbocycles. The topological polar surface area (TPSA) is 81.9 Å². The van der Waals surface area contributed by atoms with Crippen molar-refractivity contribution in [3.8, 4) is 5.69 Å². The quantitative estimate of drug-likeness (QED) is 0.693. The first-order valence-electron chi connectivity index (χ1n) is 12.2. The number of rotatable bonds is 4. The van der Waals surface area contributed by atoms with Gasteiger partial charge in [0.25, 0.3) is 5.91 Å². The maximum absolute atomic E-state index is 13.6. The Labute approximate surface area is 206 Å². The Bertz CT molecular complexity index is 1170. The number of amides is 1. The van der Waals surface area contributed by atoms with Crippen molar-refractivity contribution in [2.75, 3.05) is 39.3 Å². The second-order valence-corrected chi connectivity index (χ2v) is 9.77. The van der Waals surface area contributed by atoms with Gasteiger partial charge in [-0.25, -0.2) is 4.99 Å². The van der Waals surface area contributed by atoms with Gasteiger partial charge in [0.1, 0.15) is 11.5 Å². The van der Waals surface area contributed by atoms with Crippen LogP contribution in [-0.2, 0) is 0 Å². The Hall–Kier alpha value is -3.41. The third-order valence-corrected chi connectivity index (χ3v) is 7.47. The van der Waals surface area contributed by atoms with Crippen molar-refractivity contribution in [3.05, 3.63) is 54.1 Å². The van der Waals surface area contributed by atoms with Crippen LogP contribution in [0.5, 0.6) is 0 Å². The minimum Gasteiger partial charge on any atom is -0.358 e. The highest BCUT2D eigenvalue weighted by Crippen LogP contribution is 2.35. The molecule has 4 aliphatic heterocycles. The van der Waals surface area contributed by atoms with Gasteiger partial charge in [-0.15, -0.1) is 0 Å². The fraction of sp³-hybridized carbons (Fsp3) is 0.500. The van der Waals surface area contributed by atoms with E-state index >= 15 is 0 Å². The van der Waals surface area contributed by atoms with Crippen molar-refractivity contribution in [2.24, 2.45) is 16.8 Å². The van der Waals surface area contributed by atoms with Gasteiger partial charge in [-0.3, -0.25) is 9.69 Å². The lowest BCUT2D eigenvalue weighted by atomic mass is 10.0. The average Bonchev–Trinajstić information content (AvgIpc) is 3.66. The van der Waals surface area contributed by atoms with Crippen LogP contribution in [0.2, 0.25) is 0 Å². The van der Waals surface area contributed by atoms with Crippen LogP contribution in [0.3, 0.4) is 0 Å². The van der Waals surface area contributed by atoms with Crippen LogP contribution in [0.15, 0.2) is 53.5 Å². The number of carbonyl (C=O) groups is 1. The van der Waals surface area contributed by atoms with Crippen LogP contribution in [0.1, 0.15) is 23.2 Å². The molecule has 3 saturated heterocycles. The Balaban J connectivity index is 1.16. The van der Waals surface area contributed by atoms with E-state index in [1.165, 1.54) is 4.80 Å². The molecular weight excluding hydrogens is 473 g/mol. The van der Waals surface area contributed by atoms with Gasteiger partial charge in [-0.05, 0) is 25.0 Å². The normalized spacial score (nSPS) is 26.6. The number of para-hydroxylation sites is 1. The maximum atomic E-state index is 13.6. The first-order chi connectivity index (χ1) is 17.4. The fourth-order valence-electron chi connectivity index (χ4n) is 5.70. The first kappa shape index (κ1) is 23.0. The molecule has 2 aromatic rings. The summed E-state index contributed by atoms with van der Waals surface area (Å²) in [4.78, 5) is 24.6. The summed E-state index contributed by atoms with van der Waals surface area (Å²) in [7, 11) is 0. The molecule has 9 nitrogen and oxygen atoms in total. The summed E-state index contributed by atoms with van der Waals surface area (Å²) in [5, 5.41) is 11.5. The number of alkyl halides is 3. The number of allylic oxidation sites excluding steroid dienone is 1. The first-order valence-corrected chi connectivity index (χ1v) is 12.2. The van der Waals surface area contributed by atoms with Crippen LogP contribution in [0.25, 0.3) is 5.69 Å². The van der Waals surface area contributed by atoms with E-state index in [-0.39, 0.29) is 17.7 Å². The third-order valence-electron chi connectivity index (χ3n) is 7.47. The summed E-state index contributed by atoms with van der Waals surface area (Å²) < 4.78 is 40.9. The number of benzene rings is 1. The molecule has 12 heteroatoms. The molecule has 3 fully saturated rings. The van der Waals surface area contributed by atoms with E-state index in [1.54, 1.807) is 18.5 Å². The number of fused-ring (bicyclic) bond motifs is 1. The number of hydrogen-bond donors (Lipinski definition) is 1. The largest absolute Gasteiger partial charge is 0.433 e. The third kappa shape index (κ3) is 4.23. The van der Waals surface area contributed by atoms with Gasteiger partial charge in [-0.1, -0.05) is 12.1 Å². The van der Waals surface area contributed by atoms with Gasteiger partial charge >= 0.3 is 6.18 Å². The molecule has 1 aromatic heterocycles. The number of nitrogens with zero attached hydrogens (tertiary/aromatic N) is 7. The SMILES string of the molecule is O=C(c1ccccc1-n1nccn1)N1CC2CN(C3=CC(C(F)(F)F)=NC(N4CCCC4)N3)CC2C1. The molecule has 36 heavy (non-hydrogen) atoms. The molecular formula is C24H27F3N8O. The molecule has 5 heterocycles. The van der Waals surface area contributed by atoms with Gasteiger partial charge in [0, 0.05) is 57.2 Å². The van der Waals surface area contributed by atoms with E-state index in [0.29, 0.717) is 43.3 Å². The number of hydrogen-bond acceptors (Lipinski definition) is 7.